The molecule has 22 heavy (non-hydrogen) atoms. The number of nitrogens with one attached hydrogen (secondary N) is 1. The molecule has 0 saturated carbocycles. The molecule has 6 heteroatoms. The fourth-order valence-corrected chi connectivity index (χ4v) is 2.84. The van der Waals surface area contributed by atoms with E-state index in [2.05, 4.69) is 33.3 Å². The second kappa shape index (κ2) is 6.27. The Morgan fingerprint density at radius 1 is 1.14 bits per heavy atom. The molecule has 1 N–H and O–H groups in total. The highest BCUT2D eigenvalue weighted by molar-refractivity contribution is 7.16. The summed E-state index contributed by atoms with van der Waals surface area (Å²) < 4.78 is 5.87. The summed E-state index contributed by atoms with van der Waals surface area (Å²) >= 11 is 1.51. The summed E-state index contributed by atoms with van der Waals surface area (Å²) in [6.45, 7) is 6.12. The summed E-state index contributed by atoms with van der Waals surface area (Å²) in [5.41, 5.74) is 3.69. The van der Waals surface area contributed by atoms with Crippen molar-refractivity contribution in [3.05, 3.63) is 41.5 Å². The molecule has 1 aromatic carbocycles. The zero-order valence-corrected chi connectivity index (χ0v) is 13.6. The molecule has 3 aromatic rings. The van der Waals surface area contributed by atoms with Gasteiger partial charge < -0.3 is 10.1 Å². The molecule has 114 valence electrons. The summed E-state index contributed by atoms with van der Waals surface area (Å²) in [5, 5.41) is 3.33. The molecule has 0 fully saturated rings. The fraction of sp³-hybridized carbons (Fsp3) is 0.312. The normalized spacial score (nSPS) is 12.5. The molecule has 0 aliphatic heterocycles. The third-order valence-corrected chi connectivity index (χ3v) is 3.92. The Labute approximate surface area is 133 Å². The highest BCUT2D eigenvalue weighted by Crippen LogP contribution is 2.28. The Balaban J connectivity index is 1.83. The lowest BCUT2D eigenvalue weighted by Gasteiger charge is -2.19. The van der Waals surface area contributed by atoms with Gasteiger partial charge >= 0.3 is 0 Å². The predicted molar refractivity (Wildman–Crippen MR) is 89.5 cm³/mol. The van der Waals surface area contributed by atoms with Crippen molar-refractivity contribution in [1.29, 1.82) is 0 Å². The number of aromatic nitrogens is 3. The molecule has 0 radical (unpaired) electrons. The maximum absolute atomic E-state index is 5.87. The van der Waals surface area contributed by atoms with Crippen LogP contribution >= 0.6 is 11.3 Å². The van der Waals surface area contributed by atoms with E-state index < -0.39 is 0 Å². The first-order chi connectivity index (χ1) is 10.6. The van der Waals surface area contributed by atoms with Crippen molar-refractivity contribution < 1.29 is 4.74 Å². The van der Waals surface area contributed by atoms with Crippen LogP contribution in [0.2, 0.25) is 0 Å². The molecule has 0 aliphatic carbocycles. The summed E-state index contributed by atoms with van der Waals surface area (Å²) in [7, 11) is 0. The molecule has 3 rings (SSSR count). The zero-order chi connectivity index (χ0) is 15.5. The van der Waals surface area contributed by atoms with Crippen LogP contribution in [0, 0.1) is 0 Å². The third kappa shape index (κ3) is 3.17. The van der Waals surface area contributed by atoms with Crippen molar-refractivity contribution in [2.75, 3.05) is 5.32 Å². The van der Waals surface area contributed by atoms with E-state index in [-0.39, 0.29) is 12.1 Å². The average molecular weight is 314 g/mol. The Morgan fingerprint density at radius 2 is 1.95 bits per heavy atom. The van der Waals surface area contributed by atoms with Crippen molar-refractivity contribution in [2.45, 2.75) is 32.9 Å². The number of fused-ring (bicyclic) bond motifs is 1. The van der Waals surface area contributed by atoms with E-state index in [0.717, 1.165) is 21.7 Å². The molecule has 0 bridgehead atoms. The average Bonchev–Trinajstić information content (AvgIpc) is 2.94. The Hall–Kier alpha value is -2.21. The Morgan fingerprint density at radius 3 is 2.77 bits per heavy atom. The second-order valence-electron chi connectivity index (χ2n) is 5.31. The molecular formula is C16H18N4OS. The van der Waals surface area contributed by atoms with E-state index in [4.69, 9.17) is 4.74 Å². The van der Waals surface area contributed by atoms with Crippen molar-refractivity contribution in [3.8, 4) is 5.75 Å². The van der Waals surface area contributed by atoms with Gasteiger partial charge in [0.05, 0.1) is 23.9 Å². The lowest BCUT2D eigenvalue weighted by atomic mass is 10.1. The van der Waals surface area contributed by atoms with Gasteiger partial charge in [0.15, 0.2) is 0 Å². The highest BCUT2D eigenvalue weighted by atomic mass is 32.1. The number of thiazole rings is 1. The molecule has 2 heterocycles. The summed E-state index contributed by atoms with van der Waals surface area (Å²) in [5.74, 6) is 1.49. The van der Waals surface area contributed by atoms with Crippen molar-refractivity contribution in [3.63, 3.8) is 0 Å². The minimum atomic E-state index is 0.0420. The van der Waals surface area contributed by atoms with Crippen LogP contribution in [-0.4, -0.2) is 21.1 Å². The van der Waals surface area contributed by atoms with Gasteiger partial charge in [-0.1, -0.05) is 18.2 Å². The van der Waals surface area contributed by atoms with Gasteiger partial charge in [-0.05, 0) is 26.8 Å². The molecule has 0 aliphatic rings. The molecule has 0 unspecified atom stereocenters. The minimum absolute atomic E-state index is 0.0420. The smallest absolute Gasteiger partial charge is 0.224 e. The first kappa shape index (κ1) is 14.7. The lowest BCUT2D eigenvalue weighted by molar-refractivity contribution is 0.239. The molecule has 5 nitrogen and oxygen atoms in total. The number of hydrogen-bond acceptors (Lipinski definition) is 6. The molecule has 2 aromatic heterocycles. The molecular weight excluding hydrogens is 296 g/mol. The van der Waals surface area contributed by atoms with Crippen LogP contribution in [0.1, 0.15) is 32.4 Å². The number of para-hydroxylation sites is 1. The van der Waals surface area contributed by atoms with Crippen molar-refractivity contribution >= 4 is 27.6 Å². The monoisotopic (exact) mass is 314 g/mol. The predicted octanol–water partition coefficient (Wildman–Crippen LogP) is 4.05. The first-order valence-electron chi connectivity index (χ1n) is 7.22. The Kier molecular flexibility index (Phi) is 4.20. The molecule has 1 atom stereocenters. The van der Waals surface area contributed by atoms with E-state index in [1.807, 2.05) is 32.0 Å². The van der Waals surface area contributed by atoms with E-state index in [1.165, 1.54) is 11.3 Å². The largest absolute Gasteiger partial charge is 0.491 e. The van der Waals surface area contributed by atoms with Gasteiger partial charge in [0.25, 0.3) is 0 Å². The van der Waals surface area contributed by atoms with Gasteiger partial charge in [-0.15, -0.1) is 11.3 Å². The van der Waals surface area contributed by atoms with E-state index in [1.54, 1.807) is 11.7 Å². The Bertz CT molecular complexity index is 771. The number of benzene rings is 1. The van der Waals surface area contributed by atoms with Crippen LogP contribution in [0.25, 0.3) is 10.3 Å². The van der Waals surface area contributed by atoms with Crippen LogP contribution in [0.4, 0.5) is 5.95 Å². The van der Waals surface area contributed by atoms with Gasteiger partial charge in [0, 0.05) is 5.56 Å². The minimum Gasteiger partial charge on any atom is -0.491 e. The zero-order valence-electron chi connectivity index (χ0n) is 12.8. The van der Waals surface area contributed by atoms with Gasteiger partial charge in [-0.25, -0.2) is 15.0 Å². The number of nitrogens with zero attached hydrogens (tertiary/aromatic N) is 3. The maximum Gasteiger partial charge on any atom is 0.224 e. The van der Waals surface area contributed by atoms with Crippen LogP contribution < -0.4 is 10.1 Å². The number of ether oxygens (including phenoxy) is 1. The van der Waals surface area contributed by atoms with Gasteiger partial charge in [-0.3, -0.25) is 0 Å². The van der Waals surface area contributed by atoms with E-state index in [9.17, 15) is 0 Å². The molecule has 0 amide bonds. The summed E-state index contributed by atoms with van der Waals surface area (Å²) in [6.07, 6.45) is 1.88. The number of anilines is 1. The van der Waals surface area contributed by atoms with Crippen LogP contribution in [-0.2, 0) is 0 Å². The SMILES string of the molecule is CC(C)Oc1ccccc1[C@@H](C)Nc1ncc2ncsc2n1. The third-order valence-electron chi connectivity index (χ3n) is 3.19. The van der Waals surface area contributed by atoms with Crippen molar-refractivity contribution in [1.82, 2.24) is 15.0 Å². The van der Waals surface area contributed by atoms with Crippen LogP contribution in [0.15, 0.2) is 36.0 Å². The standard InChI is InChI=1S/C16H18N4OS/c1-10(2)21-14-7-5-4-6-12(14)11(3)19-16-17-8-13-15(20-16)22-9-18-13/h4-11H,1-3H3,(H,17,19,20)/t11-/m1/s1. The van der Waals surface area contributed by atoms with E-state index >= 15 is 0 Å². The van der Waals surface area contributed by atoms with Crippen LogP contribution in [0.3, 0.4) is 0 Å². The van der Waals surface area contributed by atoms with Crippen molar-refractivity contribution in [2.24, 2.45) is 0 Å². The first-order valence-corrected chi connectivity index (χ1v) is 8.10. The van der Waals surface area contributed by atoms with Gasteiger partial charge in [-0.2, -0.15) is 0 Å². The lowest BCUT2D eigenvalue weighted by Crippen LogP contribution is -2.13. The van der Waals surface area contributed by atoms with Gasteiger partial charge in [0.2, 0.25) is 5.95 Å². The van der Waals surface area contributed by atoms with Crippen LogP contribution in [0.5, 0.6) is 5.75 Å². The quantitative estimate of drug-likeness (QED) is 0.770. The highest BCUT2D eigenvalue weighted by Gasteiger charge is 2.13. The van der Waals surface area contributed by atoms with E-state index in [0.29, 0.717) is 5.95 Å². The topological polar surface area (TPSA) is 59.9 Å². The van der Waals surface area contributed by atoms with Gasteiger partial charge in [0.1, 0.15) is 16.1 Å². The summed E-state index contributed by atoms with van der Waals surface area (Å²) in [6, 6.07) is 8.07. The molecule has 0 spiro atoms. The molecule has 0 saturated heterocycles. The second-order valence-corrected chi connectivity index (χ2v) is 6.14. The number of rotatable bonds is 5. The summed E-state index contributed by atoms with van der Waals surface area (Å²) in [4.78, 5) is 13.9. The number of hydrogen-bond donors (Lipinski definition) is 1. The maximum atomic E-state index is 5.87. The fourth-order valence-electron chi connectivity index (χ4n) is 2.21.